The van der Waals surface area contributed by atoms with Gasteiger partial charge < -0.3 is 14.1 Å². The summed E-state index contributed by atoms with van der Waals surface area (Å²) in [6.07, 6.45) is -0.303. The second-order valence-electron chi connectivity index (χ2n) is 8.02. The highest BCUT2D eigenvalue weighted by Crippen LogP contribution is 2.24. The molecule has 6 nitrogen and oxygen atoms in total. The number of rotatable bonds is 7. The average Bonchev–Trinajstić information content (AvgIpc) is 3.24. The van der Waals surface area contributed by atoms with Crippen LogP contribution in [0, 0.1) is 6.92 Å². The molecule has 2 atom stereocenters. The first-order valence-electron chi connectivity index (χ1n) is 9.97. The predicted octanol–water partition coefficient (Wildman–Crippen LogP) is 3.69. The molecule has 2 heterocycles. The number of furan rings is 1. The first kappa shape index (κ1) is 21.4. The molecule has 29 heavy (non-hydrogen) atoms. The fourth-order valence-electron chi connectivity index (χ4n) is 3.57. The van der Waals surface area contributed by atoms with Crippen molar-refractivity contribution in [2.24, 2.45) is 0 Å². The minimum atomic E-state index is -3.12. The first-order chi connectivity index (χ1) is 13.6. The minimum Gasteiger partial charge on any atom is -0.481 e. The number of nitrogens with zero attached hydrogens (tertiary/aromatic N) is 1. The molecule has 0 radical (unpaired) electrons. The maximum atomic E-state index is 13.2. The van der Waals surface area contributed by atoms with E-state index in [1.807, 2.05) is 43.3 Å². The summed E-state index contributed by atoms with van der Waals surface area (Å²) in [6.45, 7) is 8.00. The molecule has 0 saturated carbocycles. The highest BCUT2D eigenvalue weighted by molar-refractivity contribution is 7.91. The molecular formula is C22H29NO5S. The largest absolute Gasteiger partial charge is 0.481 e. The maximum absolute atomic E-state index is 13.2. The van der Waals surface area contributed by atoms with Gasteiger partial charge in [0.05, 0.1) is 18.1 Å². The number of carbonyl (C=O) groups excluding carboxylic acids is 1. The van der Waals surface area contributed by atoms with Gasteiger partial charge in [-0.25, -0.2) is 8.42 Å². The van der Waals surface area contributed by atoms with Gasteiger partial charge in [0.2, 0.25) is 0 Å². The van der Waals surface area contributed by atoms with Crippen molar-refractivity contribution in [3.05, 3.63) is 53.5 Å². The van der Waals surface area contributed by atoms with Crippen LogP contribution in [-0.4, -0.2) is 42.9 Å². The van der Waals surface area contributed by atoms with Crippen LogP contribution < -0.4 is 4.74 Å². The molecular weight excluding hydrogens is 390 g/mol. The zero-order valence-electron chi connectivity index (χ0n) is 17.4. The zero-order valence-corrected chi connectivity index (χ0v) is 18.2. The molecule has 1 aromatic heterocycles. The summed E-state index contributed by atoms with van der Waals surface area (Å²) in [7, 11) is -3.12. The molecule has 0 N–H and O–H groups in total. The number of carbonyl (C=O) groups is 1. The molecule has 1 aliphatic heterocycles. The van der Waals surface area contributed by atoms with Gasteiger partial charge in [-0.15, -0.1) is 0 Å². The third kappa shape index (κ3) is 5.41. The summed E-state index contributed by atoms with van der Waals surface area (Å²) < 4.78 is 35.5. The van der Waals surface area contributed by atoms with Gasteiger partial charge in [0, 0.05) is 6.04 Å². The van der Waals surface area contributed by atoms with Crippen LogP contribution >= 0.6 is 0 Å². The molecule has 2 aromatic rings. The van der Waals surface area contributed by atoms with Crippen molar-refractivity contribution in [1.29, 1.82) is 0 Å². The fraction of sp³-hybridized carbons (Fsp3) is 0.500. The predicted molar refractivity (Wildman–Crippen MR) is 112 cm³/mol. The molecule has 1 aromatic carbocycles. The first-order valence-corrected chi connectivity index (χ1v) is 11.8. The molecule has 1 aliphatic rings. The Morgan fingerprint density at radius 3 is 2.38 bits per heavy atom. The Morgan fingerprint density at radius 1 is 1.17 bits per heavy atom. The Labute approximate surface area is 172 Å². The van der Waals surface area contributed by atoms with Gasteiger partial charge in [0.1, 0.15) is 17.3 Å². The smallest absolute Gasteiger partial charge is 0.264 e. The SMILES string of the molecule is Cc1ccc(CN(C(=O)C(C)Oc2ccc(C(C)C)cc2)C2CCS(=O)(=O)C2)o1. The van der Waals surface area contributed by atoms with Gasteiger partial charge in [-0.2, -0.15) is 0 Å². The molecule has 0 bridgehead atoms. The Morgan fingerprint density at radius 2 is 1.86 bits per heavy atom. The summed E-state index contributed by atoms with van der Waals surface area (Å²) in [6, 6.07) is 11.0. The highest BCUT2D eigenvalue weighted by atomic mass is 32.2. The number of hydrogen-bond acceptors (Lipinski definition) is 5. The molecule has 1 saturated heterocycles. The van der Waals surface area contributed by atoms with Crippen molar-refractivity contribution in [2.45, 2.75) is 58.7 Å². The number of sulfone groups is 1. The highest BCUT2D eigenvalue weighted by Gasteiger charge is 2.37. The van der Waals surface area contributed by atoms with Gasteiger partial charge in [-0.05, 0) is 56.0 Å². The van der Waals surface area contributed by atoms with Gasteiger partial charge in [0.15, 0.2) is 15.9 Å². The third-order valence-electron chi connectivity index (χ3n) is 5.26. The lowest BCUT2D eigenvalue weighted by Crippen LogP contribution is -2.46. The number of ether oxygens (including phenoxy) is 1. The second kappa shape index (κ2) is 8.61. The van der Waals surface area contributed by atoms with Gasteiger partial charge in [0.25, 0.3) is 5.91 Å². The quantitative estimate of drug-likeness (QED) is 0.684. The maximum Gasteiger partial charge on any atom is 0.264 e. The van der Waals surface area contributed by atoms with E-state index >= 15 is 0 Å². The molecule has 0 aliphatic carbocycles. The Balaban J connectivity index is 1.75. The molecule has 158 valence electrons. The van der Waals surface area contributed by atoms with E-state index in [0.717, 1.165) is 5.76 Å². The van der Waals surface area contributed by atoms with Crippen LogP contribution in [0.15, 0.2) is 40.8 Å². The van der Waals surface area contributed by atoms with E-state index in [4.69, 9.17) is 9.15 Å². The van der Waals surface area contributed by atoms with E-state index in [9.17, 15) is 13.2 Å². The summed E-state index contributed by atoms with van der Waals surface area (Å²) in [5, 5.41) is 0. The summed E-state index contributed by atoms with van der Waals surface area (Å²) in [5.41, 5.74) is 1.20. The zero-order chi connectivity index (χ0) is 21.2. The van der Waals surface area contributed by atoms with Crippen LogP contribution in [0.4, 0.5) is 0 Å². The number of hydrogen-bond donors (Lipinski definition) is 0. The molecule has 2 unspecified atom stereocenters. The normalized spacial score (nSPS) is 19.3. The summed E-state index contributed by atoms with van der Waals surface area (Å²) >= 11 is 0. The van der Waals surface area contributed by atoms with E-state index in [1.165, 1.54) is 5.56 Å². The van der Waals surface area contributed by atoms with Crippen molar-refractivity contribution in [3.63, 3.8) is 0 Å². The average molecular weight is 420 g/mol. The van der Waals surface area contributed by atoms with Crippen LogP contribution in [0.2, 0.25) is 0 Å². The van der Waals surface area contributed by atoms with E-state index in [1.54, 1.807) is 11.8 Å². The number of aryl methyl sites for hydroxylation is 1. The topological polar surface area (TPSA) is 76.8 Å². The van der Waals surface area contributed by atoms with Crippen molar-refractivity contribution in [2.75, 3.05) is 11.5 Å². The Bertz CT molecular complexity index is 946. The van der Waals surface area contributed by atoms with Gasteiger partial charge in [-0.3, -0.25) is 4.79 Å². The minimum absolute atomic E-state index is 0.0196. The number of benzene rings is 1. The van der Waals surface area contributed by atoms with Crippen molar-refractivity contribution in [3.8, 4) is 5.75 Å². The van der Waals surface area contributed by atoms with Crippen LogP contribution in [0.5, 0.6) is 5.75 Å². The van der Waals surface area contributed by atoms with E-state index in [0.29, 0.717) is 23.8 Å². The van der Waals surface area contributed by atoms with Crippen LogP contribution in [-0.2, 0) is 21.2 Å². The van der Waals surface area contributed by atoms with Crippen LogP contribution in [0.1, 0.15) is 50.2 Å². The van der Waals surface area contributed by atoms with Crippen molar-refractivity contribution < 1.29 is 22.4 Å². The summed E-state index contributed by atoms with van der Waals surface area (Å²) in [5.74, 6) is 2.25. The molecule has 0 spiro atoms. The summed E-state index contributed by atoms with van der Waals surface area (Å²) in [4.78, 5) is 14.8. The lowest BCUT2D eigenvalue weighted by molar-refractivity contribution is -0.140. The monoisotopic (exact) mass is 419 g/mol. The molecule has 7 heteroatoms. The van der Waals surface area contributed by atoms with Crippen LogP contribution in [0.25, 0.3) is 0 Å². The Kier molecular flexibility index (Phi) is 6.36. The lowest BCUT2D eigenvalue weighted by Gasteiger charge is -2.30. The third-order valence-corrected chi connectivity index (χ3v) is 7.01. The van der Waals surface area contributed by atoms with E-state index in [-0.39, 0.29) is 30.0 Å². The fourth-order valence-corrected chi connectivity index (χ4v) is 5.30. The van der Waals surface area contributed by atoms with E-state index in [2.05, 4.69) is 13.8 Å². The van der Waals surface area contributed by atoms with Gasteiger partial charge in [-0.1, -0.05) is 26.0 Å². The lowest BCUT2D eigenvalue weighted by atomic mass is 10.0. The van der Waals surface area contributed by atoms with Crippen molar-refractivity contribution >= 4 is 15.7 Å². The van der Waals surface area contributed by atoms with Crippen LogP contribution in [0.3, 0.4) is 0 Å². The molecule has 1 amide bonds. The van der Waals surface area contributed by atoms with Gasteiger partial charge >= 0.3 is 0 Å². The standard InChI is InChI=1S/C22H29NO5S/c1-15(2)18-6-9-20(10-7-18)28-17(4)22(24)23(13-21-8-5-16(3)27-21)19-11-12-29(25,26)14-19/h5-10,15,17,19H,11-14H2,1-4H3. The Hall–Kier alpha value is -2.28. The number of amides is 1. The molecule has 3 rings (SSSR count). The van der Waals surface area contributed by atoms with E-state index < -0.39 is 15.9 Å². The second-order valence-corrected chi connectivity index (χ2v) is 10.2. The van der Waals surface area contributed by atoms with Crippen molar-refractivity contribution in [1.82, 2.24) is 4.90 Å². The molecule has 1 fully saturated rings.